The first kappa shape index (κ1) is 19.4. The number of methoxy groups -OCH3 is 1. The van der Waals surface area contributed by atoms with E-state index in [1.165, 1.54) is 31.4 Å². The van der Waals surface area contributed by atoms with Gasteiger partial charge in [0.2, 0.25) is 0 Å². The summed E-state index contributed by atoms with van der Waals surface area (Å²) in [7, 11) is 1.22. The molecular formula is C18H16ClFN2O4. The lowest BCUT2D eigenvalue weighted by molar-refractivity contribution is -0.136. The molecule has 0 saturated carbocycles. The lowest BCUT2D eigenvalue weighted by atomic mass is 10.1. The van der Waals surface area contributed by atoms with Crippen molar-refractivity contribution < 1.29 is 23.5 Å². The minimum absolute atomic E-state index is 0.0864. The van der Waals surface area contributed by atoms with Gasteiger partial charge in [-0.1, -0.05) is 29.8 Å². The number of halogens is 2. The summed E-state index contributed by atoms with van der Waals surface area (Å²) in [5.74, 6) is -2.84. The van der Waals surface area contributed by atoms with Crippen LogP contribution in [0.15, 0.2) is 42.5 Å². The molecule has 26 heavy (non-hydrogen) atoms. The maximum atomic E-state index is 13.5. The number of carbonyl (C=O) groups is 3. The van der Waals surface area contributed by atoms with Crippen molar-refractivity contribution in [1.29, 1.82) is 0 Å². The van der Waals surface area contributed by atoms with Gasteiger partial charge >= 0.3 is 17.8 Å². The molecule has 0 radical (unpaired) electrons. The van der Waals surface area contributed by atoms with Crippen molar-refractivity contribution in [3.63, 3.8) is 0 Å². The molecular weight excluding hydrogens is 363 g/mol. The van der Waals surface area contributed by atoms with Crippen molar-refractivity contribution in [2.75, 3.05) is 19.0 Å². The van der Waals surface area contributed by atoms with Gasteiger partial charge in [0.15, 0.2) is 0 Å². The monoisotopic (exact) mass is 378 g/mol. The molecule has 2 aromatic rings. The Bertz CT molecular complexity index is 842. The predicted molar refractivity (Wildman–Crippen MR) is 94.5 cm³/mol. The first-order chi connectivity index (χ1) is 12.4. The number of esters is 1. The number of carbonyl (C=O) groups excluding carboxylic acids is 3. The Labute approximate surface area is 154 Å². The zero-order valence-electron chi connectivity index (χ0n) is 13.8. The van der Waals surface area contributed by atoms with E-state index in [2.05, 4.69) is 15.4 Å². The third-order valence-electron chi connectivity index (χ3n) is 3.48. The van der Waals surface area contributed by atoms with Crippen LogP contribution in [0.25, 0.3) is 0 Å². The maximum Gasteiger partial charge on any atom is 0.337 e. The molecule has 0 unspecified atom stereocenters. The van der Waals surface area contributed by atoms with Crippen LogP contribution in [0.5, 0.6) is 0 Å². The lowest BCUT2D eigenvalue weighted by Gasteiger charge is -2.09. The zero-order valence-corrected chi connectivity index (χ0v) is 14.6. The highest BCUT2D eigenvalue weighted by atomic mass is 35.5. The fourth-order valence-electron chi connectivity index (χ4n) is 2.14. The fraction of sp³-hybridized carbons (Fsp3) is 0.167. The van der Waals surface area contributed by atoms with Gasteiger partial charge in [-0.05, 0) is 36.2 Å². The maximum absolute atomic E-state index is 13.5. The average molecular weight is 379 g/mol. The van der Waals surface area contributed by atoms with Crippen molar-refractivity contribution in [2.45, 2.75) is 6.42 Å². The quantitative estimate of drug-likeness (QED) is 0.618. The molecule has 8 heteroatoms. The third-order valence-corrected chi connectivity index (χ3v) is 3.81. The summed E-state index contributed by atoms with van der Waals surface area (Å²) in [5.41, 5.74) is 0.706. The van der Waals surface area contributed by atoms with Crippen LogP contribution in [-0.2, 0) is 20.7 Å². The SMILES string of the molecule is COC(=O)c1ccc(Cl)c(NC(=O)C(=O)NCCc2ccccc2F)c1. The van der Waals surface area contributed by atoms with Gasteiger partial charge in [-0.3, -0.25) is 9.59 Å². The summed E-state index contributed by atoms with van der Waals surface area (Å²) in [5, 5.41) is 4.88. The number of nitrogens with one attached hydrogen (secondary N) is 2. The Kier molecular flexibility index (Phi) is 6.68. The van der Waals surface area contributed by atoms with E-state index in [9.17, 15) is 18.8 Å². The van der Waals surface area contributed by atoms with Crippen molar-refractivity contribution in [2.24, 2.45) is 0 Å². The molecule has 2 amide bonds. The van der Waals surface area contributed by atoms with Gasteiger partial charge in [0, 0.05) is 6.54 Å². The molecule has 0 saturated heterocycles. The van der Waals surface area contributed by atoms with E-state index in [-0.39, 0.29) is 35.1 Å². The van der Waals surface area contributed by atoms with E-state index in [4.69, 9.17) is 11.6 Å². The molecule has 0 aliphatic heterocycles. The lowest BCUT2D eigenvalue weighted by Crippen LogP contribution is -2.36. The summed E-state index contributed by atoms with van der Waals surface area (Å²) < 4.78 is 18.1. The largest absolute Gasteiger partial charge is 0.465 e. The number of rotatable bonds is 5. The Morgan fingerprint density at radius 1 is 1.12 bits per heavy atom. The molecule has 0 heterocycles. The van der Waals surface area contributed by atoms with Crippen molar-refractivity contribution in [3.8, 4) is 0 Å². The minimum Gasteiger partial charge on any atom is -0.465 e. The standard InChI is InChI=1S/C18H16ClFN2O4/c1-26-18(25)12-6-7-13(19)15(10-12)22-17(24)16(23)21-9-8-11-4-2-3-5-14(11)20/h2-7,10H,8-9H2,1H3,(H,21,23)(H,22,24). The Morgan fingerprint density at radius 2 is 1.85 bits per heavy atom. The smallest absolute Gasteiger partial charge is 0.337 e. The second kappa shape index (κ2) is 8.96. The molecule has 0 aliphatic carbocycles. The van der Waals surface area contributed by atoms with Crippen molar-refractivity contribution in [1.82, 2.24) is 5.32 Å². The van der Waals surface area contributed by atoms with Gasteiger partial charge in [0.05, 0.1) is 23.4 Å². The molecule has 0 fully saturated rings. The highest BCUT2D eigenvalue weighted by Gasteiger charge is 2.16. The molecule has 136 valence electrons. The number of ether oxygens (including phenoxy) is 1. The summed E-state index contributed by atoms with van der Waals surface area (Å²) in [6.07, 6.45) is 0.240. The molecule has 2 rings (SSSR count). The van der Waals surface area contributed by atoms with Gasteiger partial charge in [-0.25, -0.2) is 9.18 Å². The fourth-order valence-corrected chi connectivity index (χ4v) is 2.30. The normalized spacial score (nSPS) is 10.1. The third kappa shape index (κ3) is 5.03. The van der Waals surface area contributed by atoms with E-state index < -0.39 is 17.8 Å². The van der Waals surface area contributed by atoms with E-state index in [1.54, 1.807) is 18.2 Å². The molecule has 2 N–H and O–H groups in total. The molecule has 0 aliphatic rings. The highest BCUT2D eigenvalue weighted by Crippen LogP contribution is 2.23. The Hall–Kier alpha value is -2.93. The summed E-state index contributed by atoms with van der Waals surface area (Å²) in [6, 6.07) is 10.3. The van der Waals surface area contributed by atoms with E-state index in [1.807, 2.05) is 0 Å². The first-order valence-corrected chi connectivity index (χ1v) is 8.00. The molecule has 0 bridgehead atoms. The molecule has 2 aromatic carbocycles. The van der Waals surface area contributed by atoms with Gasteiger partial charge in [0.1, 0.15) is 5.82 Å². The number of hydrogen-bond acceptors (Lipinski definition) is 4. The molecule has 0 atom stereocenters. The summed E-state index contributed by atoms with van der Waals surface area (Å²) in [4.78, 5) is 35.3. The van der Waals surface area contributed by atoms with Gasteiger partial charge in [-0.15, -0.1) is 0 Å². The average Bonchev–Trinajstić information content (AvgIpc) is 2.64. The van der Waals surface area contributed by atoms with Gasteiger partial charge in [-0.2, -0.15) is 0 Å². The van der Waals surface area contributed by atoms with Gasteiger partial charge < -0.3 is 15.4 Å². The van der Waals surface area contributed by atoms with Crippen molar-refractivity contribution in [3.05, 3.63) is 64.4 Å². The number of benzene rings is 2. The molecule has 0 aromatic heterocycles. The second-order valence-electron chi connectivity index (χ2n) is 5.24. The zero-order chi connectivity index (χ0) is 19.1. The number of hydrogen-bond donors (Lipinski definition) is 2. The van der Waals surface area contributed by atoms with Crippen LogP contribution in [0.1, 0.15) is 15.9 Å². The Balaban J connectivity index is 1.94. The summed E-state index contributed by atoms with van der Waals surface area (Å²) >= 11 is 5.95. The van der Waals surface area contributed by atoms with Crippen LogP contribution in [0, 0.1) is 5.82 Å². The van der Waals surface area contributed by atoms with E-state index in [0.29, 0.717) is 5.56 Å². The van der Waals surface area contributed by atoms with Gasteiger partial charge in [0.25, 0.3) is 0 Å². The van der Waals surface area contributed by atoms with Crippen LogP contribution in [0.4, 0.5) is 10.1 Å². The number of anilines is 1. The van der Waals surface area contributed by atoms with Crippen molar-refractivity contribution >= 4 is 35.1 Å². The second-order valence-corrected chi connectivity index (χ2v) is 5.64. The first-order valence-electron chi connectivity index (χ1n) is 7.63. The predicted octanol–water partition coefficient (Wildman–Crippen LogP) is 2.56. The van der Waals surface area contributed by atoms with Crippen LogP contribution in [0.2, 0.25) is 5.02 Å². The van der Waals surface area contributed by atoms with E-state index >= 15 is 0 Å². The minimum atomic E-state index is -0.956. The molecule has 6 nitrogen and oxygen atoms in total. The highest BCUT2D eigenvalue weighted by molar-refractivity contribution is 6.41. The van der Waals surface area contributed by atoms with Crippen LogP contribution >= 0.6 is 11.6 Å². The van der Waals surface area contributed by atoms with Crippen LogP contribution < -0.4 is 10.6 Å². The topological polar surface area (TPSA) is 84.5 Å². The van der Waals surface area contributed by atoms with E-state index in [0.717, 1.165) is 0 Å². The summed E-state index contributed by atoms with van der Waals surface area (Å²) in [6.45, 7) is 0.0864. The molecule has 0 spiro atoms. The van der Waals surface area contributed by atoms with Crippen LogP contribution in [0.3, 0.4) is 0 Å². The number of amides is 2. The van der Waals surface area contributed by atoms with Crippen LogP contribution in [-0.4, -0.2) is 31.4 Å². The Morgan fingerprint density at radius 3 is 2.54 bits per heavy atom.